The molecule has 0 aromatic heterocycles. The predicted molar refractivity (Wildman–Crippen MR) is 83.6 cm³/mol. The van der Waals surface area contributed by atoms with Gasteiger partial charge in [-0.25, -0.2) is 4.79 Å². The molecule has 1 aromatic rings. The van der Waals surface area contributed by atoms with Crippen LogP contribution in [0, 0.1) is 11.8 Å². The number of carbonyl (C=O) groups excluding carboxylic acids is 2. The molecule has 0 aliphatic carbocycles. The van der Waals surface area contributed by atoms with Crippen LogP contribution in [0.1, 0.15) is 32.4 Å². The Hall–Kier alpha value is -2.08. The van der Waals surface area contributed by atoms with E-state index in [-0.39, 0.29) is 23.8 Å². The maximum Gasteiger partial charge on any atom is 0.316 e. The van der Waals surface area contributed by atoms with Gasteiger partial charge in [-0.3, -0.25) is 4.79 Å². The van der Waals surface area contributed by atoms with Gasteiger partial charge in [0, 0.05) is 12.2 Å². The van der Waals surface area contributed by atoms with Crippen molar-refractivity contribution in [3.63, 3.8) is 0 Å². The van der Waals surface area contributed by atoms with Crippen LogP contribution in [0.2, 0.25) is 0 Å². The largest absolute Gasteiger partial charge is 0.351 e. The van der Waals surface area contributed by atoms with Crippen LogP contribution in [0.25, 0.3) is 0 Å². The molecule has 0 heterocycles. The molecule has 0 bridgehead atoms. The molecule has 0 saturated carbocycles. The molecule has 0 radical (unpaired) electrons. The molecule has 0 aliphatic heterocycles. The smallest absolute Gasteiger partial charge is 0.316 e. The van der Waals surface area contributed by atoms with Crippen LogP contribution >= 0.6 is 0 Å². The topological polar surface area (TPSA) is 110 Å². The van der Waals surface area contributed by atoms with E-state index in [9.17, 15) is 9.59 Å². The van der Waals surface area contributed by atoms with Gasteiger partial charge < -0.3 is 22.1 Å². The van der Waals surface area contributed by atoms with Crippen molar-refractivity contribution in [2.45, 2.75) is 26.8 Å². The third-order valence-corrected chi connectivity index (χ3v) is 3.43. The molecule has 6 N–H and O–H groups in total. The van der Waals surface area contributed by atoms with Crippen molar-refractivity contribution in [1.82, 2.24) is 5.32 Å². The number of benzene rings is 1. The van der Waals surface area contributed by atoms with Crippen LogP contribution in [0.4, 0.5) is 10.5 Å². The van der Waals surface area contributed by atoms with Crippen LogP contribution in [0.5, 0.6) is 0 Å². The summed E-state index contributed by atoms with van der Waals surface area (Å²) in [5, 5.41) is 5.45. The van der Waals surface area contributed by atoms with Gasteiger partial charge in [-0.1, -0.05) is 26.0 Å². The number of amides is 3. The Morgan fingerprint density at radius 3 is 2.14 bits per heavy atom. The minimum Gasteiger partial charge on any atom is -0.351 e. The SMILES string of the molecule is CC(NC(=O)C(CN)C(C)C)c1ccc(NC(N)=O)cc1. The second kappa shape index (κ2) is 7.64. The lowest BCUT2D eigenvalue weighted by Gasteiger charge is -2.22. The maximum absolute atomic E-state index is 12.1. The zero-order valence-corrected chi connectivity index (χ0v) is 12.7. The first kappa shape index (κ1) is 17.0. The summed E-state index contributed by atoms with van der Waals surface area (Å²) in [5.41, 5.74) is 12.2. The molecule has 1 rings (SSSR count). The average molecular weight is 292 g/mol. The van der Waals surface area contributed by atoms with Crippen LogP contribution < -0.4 is 22.1 Å². The Balaban J connectivity index is 2.68. The molecule has 0 saturated heterocycles. The van der Waals surface area contributed by atoms with Gasteiger partial charge in [-0.15, -0.1) is 0 Å². The summed E-state index contributed by atoms with van der Waals surface area (Å²) < 4.78 is 0. The number of hydrogen-bond donors (Lipinski definition) is 4. The fourth-order valence-electron chi connectivity index (χ4n) is 2.08. The van der Waals surface area contributed by atoms with Gasteiger partial charge >= 0.3 is 6.03 Å². The fourth-order valence-corrected chi connectivity index (χ4v) is 2.08. The van der Waals surface area contributed by atoms with E-state index in [0.717, 1.165) is 5.56 Å². The van der Waals surface area contributed by atoms with Crippen molar-refractivity contribution in [2.75, 3.05) is 11.9 Å². The number of urea groups is 1. The Labute approximate surface area is 125 Å². The van der Waals surface area contributed by atoms with Crippen molar-refractivity contribution in [3.05, 3.63) is 29.8 Å². The number of rotatable bonds is 6. The first-order chi connectivity index (χ1) is 9.85. The summed E-state index contributed by atoms with van der Waals surface area (Å²) in [7, 11) is 0. The molecule has 6 nitrogen and oxygen atoms in total. The summed E-state index contributed by atoms with van der Waals surface area (Å²) in [6, 6.07) is 6.42. The number of carbonyl (C=O) groups is 2. The van der Waals surface area contributed by atoms with E-state index in [1.807, 2.05) is 32.9 Å². The summed E-state index contributed by atoms with van der Waals surface area (Å²) in [6.07, 6.45) is 0. The number of hydrogen-bond acceptors (Lipinski definition) is 3. The average Bonchev–Trinajstić information content (AvgIpc) is 2.38. The van der Waals surface area contributed by atoms with Crippen LogP contribution in [0.15, 0.2) is 24.3 Å². The van der Waals surface area contributed by atoms with E-state index in [4.69, 9.17) is 11.5 Å². The molecule has 1 aromatic carbocycles. The number of nitrogens with one attached hydrogen (secondary N) is 2. The van der Waals surface area contributed by atoms with Crippen LogP contribution in [-0.4, -0.2) is 18.5 Å². The van der Waals surface area contributed by atoms with Gasteiger partial charge in [0.25, 0.3) is 0 Å². The Kier molecular flexibility index (Phi) is 6.17. The number of primary amides is 1. The highest BCUT2D eigenvalue weighted by molar-refractivity contribution is 5.87. The molecular formula is C15H24N4O2. The minimum atomic E-state index is -0.605. The molecule has 2 atom stereocenters. The van der Waals surface area contributed by atoms with Crippen molar-refractivity contribution >= 4 is 17.6 Å². The molecule has 6 heteroatoms. The second-order valence-electron chi connectivity index (χ2n) is 5.43. The zero-order valence-electron chi connectivity index (χ0n) is 12.7. The Bertz CT molecular complexity index is 485. The van der Waals surface area contributed by atoms with Crippen molar-refractivity contribution in [1.29, 1.82) is 0 Å². The van der Waals surface area contributed by atoms with Gasteiger partial charge in [0.2, 0.25) is 5.91 Å². The van der Waals surface area contributed by atoms with Crippen LogP contribution in [0.3, 0.4) is 0 Å². The standard InChI is InChI=1S/C15H24N4O2/c1-9(2)13(8-16)14(20)18-10(3)11-4-6-12(7-5-11)19-15(17)21/h4-7,9-10,13H,8,16H2,1-3H3,(H,18,20)(H3,17,19,21). The molecule has 116 valence electrons. The summed E-state index contributed by atoms with van der Waals surface area (Å²) in [5.74, 6) is -0.0352. The van der Waals surface area contributed by atoms with E-state index in [1.54, 1.807) is 12.1 Å². The third kappa shape index (κ3) is 5.07. The van der Waals surface area contributed by atoms with E-state index < -0.39 is 6.03 Å². The van der Waals surface area contributed by atoms with E-state index in [1.165, 1.54) is 0 Å². The van der Waals surface area contributed by atoms with Gasteiger partial charge in [0.15, 0.2) is 0 Å². The molecule has 3 amide bonds. The summed E-state index contributed by atoms with van der Waals surface area (Å²) in [4.78, 5) is 22.9. The normalized spacial score (nSPS) is 13.6. The molecule has 2 unspecified atom stereocenters. The molecule has 0 aliphatic rings. The lowest BCUT2D eigenvalue weighted by atomic mass is 9.94. The van der Waals surface area contributed by atoms with Gasteiger partial charge in [-0.2, -0.15) is 0 Å². The van der Waals surface area contributed by atoms with Crippen LogP contribution in [-0.2, 0) is 4.79 Å². The predicted octanol–water partition coefficient (Wildman–Crippen LogP) is 1.59. The van der Waals surface area contributed by atoms with E-state index in [0.29, 0.717) is 12.2 Å². The van der Waals surface area contributed by atoms with Crippen molar-refractivity contribution in [3.8, 4) is 0 Å². The lowest BCUT2D eigenvalue weighted by Crippen LogP contribution is -2.39. The quantitative estimate of drug-likeness (QED) is 0.639. The van der Waals surface area contributed by atoms with Crippen molar-refractivity contribution < 1.29 is 9.59 Å². The second-order valence-corrected chi connectivity index (χ2v) is 5.43. The zero-order chi connectivity index (χ0) is 16.0. The van der Waals surface area contributed by atoms with Crippen molar-refractivity contribution in [2.24, 2.45) is 23.3 Å². The summed E-state index contributed by atoms with van der Waals surface area (Å²) >= 11 is 0. The van der Waals surface area contributed by atoms with E-state index >= 15 is 0 Å². The first-order valence-corrected chi connectivity index (χ1v) is 7.02. The van der Waals surface area contributed by atoms with Gasteiger partial charge in [-0.05, 0) is 30.5 Å². The maximum atomic E-state index is 12.1. The minimum absolute atomic E-state index is 0.0423. The third-order valence-electron chi connectivity index (χ3n) is 3.43. The fraction of sp³-hybridized carbons (Fsp3) is 0.467. The highest BCUT2D eigenvalue weighted by Gasteiger charge is 2.22. The number of nitrogens with two attached hydrogens (primary N) is 2. The molecular weight excluding hydrogens is 268 g/mol. The molecule has 21 heavy (non-hydrogen) atoms. The van der Waals surface area contributed by atoms with Gasteiger partial charge in [0.05, 0.1) is 12.0 Å². The highest BCUT2D eigenvalue weighted by Crippen LogP contribution is 2.17. The molecule has 0 fully saturated rings. The lowest BCUT2D eigenvalue weighted by molar-refractivity contribution is -0.126. The highest BCUT2D eigenvalue weighted by atomic mass is 16.2. The summed E-state index contributed by atoms with van der Waals surface area (Å²) in [6.45, 7) is 6.19. The van der Waals surface area contributed by atoms with E-state index in [2.05, 4.69) is 10.6 Å². The first-order valence-electron chi connectivity index (χ1n) is 7.02. The monoisotopic (exact) mass is 292 g/mol. The molecule has 0 spiro atoms. The number of anilines is 1. The Morgan fingerprint density at radius 2 is 1.71 bits per heavy atom. The Morgan fingerprint density at radius 1 is 1.14 bits per heavy atom. The van der Waals surface area contributed by atoms with Gasteiger partial charge in [0.1, 0.15) is 0 Å².